The predicted molar refractivity (Wildman–Crippen MR) is 64.6 cm³/mol. The summed E-state index contributed by atoms with van der Waals surface area (Å²) in [6.45, 7) is 1.54. The van der Waals surface area contributed by atoms with E-state index in [2.05, 4.69) is 5.32 Å². The van der Waals surface area contributed by atoms with Gasteiger partial charge in [0.1, 0.15) is 0 Å². The van der Waals surface area contributed by atoms with E-state index in [0.717, 1.165) is 29.9 Å². The van der Waals surface area contributed by atoms with Crippen LogP contribution in [0.2, 0.25) is 0 Å². The molecule has 1 amide bonds. The zero-order valence-electron chi connectivity index (χ0n) is 10.4. The summed E-state index contributed by atoms with van der Waals surface area (Å²) in [7, 11) is 3.27. The molecule has 0 bridgehead atoms. The van der Waals surface area contributed by atoms with Crippen LogP contribution in [-0.4, -0.2) is 26.2 Å². The molecule has 0 aliphatic heterocycles. The fourth-order valence-electron chi connectivity index (χ4n) is 2.42. The Morgan fingerprint density at radius 2 is 2.06 bits per heavy atom. The van der Waals surface area contributed by atoms with Crippen LogP contribution < -0.4 is 14.8 Å². The number of benzene rings is 1. The van der Waals surface area contributed by atoms with Gasteiger partial charge in [0, 0.05) is 18.5 Å². The number of amides is 1. The second kappa shape index (κ2) is 4.65. The Labute approximate surface area is 101 Å². The highest BCUT2D eigenvalue weighted by atomic mass is 16.5. The second-order valence-electron chi connectivity index (χ2n) is 4.24. The number of hydrogen-bond acceptors (Lipinski definition) is 3. The SMILES string of the molecule is COc1ccc2c(c1OC)C[C@@H](NC(C)=O)C2. The molecule has 1 aliphatic rings. The molecule has 1 aromatic rings. The average molecular weight is 235 g/mol. The summed E-state index contributed by atoms with van der Waals surface area (Å²) >= 11 is 0. The fraction of sp³-hybridized carbons (Fsp3) is 0.462. The lowest BCUT2D eigenvalue weighted by Gasteiger charge is -2.12. The summed E-state index contributed by atoms with van der Waals surface area (Å²) in [5, 5.41) is 2.94. The van der Waals surface area contributed by atoms with Crippen LogP contribution in [0.5, 0.6) is 11.5 Å². The molecule has 0 heterocycles. The van der Waals surface area contributed by atoms with E-state index in [-0.39, 0.29) is 11.9 Å². The van der Waals surface area contributed by atoms with Crippen LogP contribution in [0, 0.1) is 0 Å². The first-order chi connectivity index (χ1) is 8.15. The molecule has 1 aliphatic carbocycles. The van der Waals surface area contributed by atoms with Gasteiger partial charge >= 0.3 is 0 Å². The summed E-state index contributed by atoms with van der Waals surface area (Å²) in [5.74, 6) is 1.54. The average Bonchev–Trinajstić information content (AvgIpc) is 2.68. The molecule has 4 heteroatoms. The van der Waals surface area contributed by atoms with Gasteiger partial charge in [0.05, 0.1) is 14.2 Å². The van der Waals surface area contributed by atoms with Crippen molar-refractivity contribution in [1.82, 2.24) is 5.32 Å². The molecule has 1 atom stereocenters. The first kappa shape index (κ1) is 11.8. The van der Waals surface area contributed by atoms with Crippen molar-refractivity contribution in [1.29, 1.82) is 0 Å². The quantitative estimate of drug-likeness (QED) is 0.859. The van der Waals surface area contributed by atoms with Crippen molar-refractivity contribution >= 4 is 5.91 Å². The van der Waals surface area contributed by atoms with Gasteiger partial charge in [-0.2, -0.15) is 0 Å². The van der Waals surface area contributed by atoms with E-state index in [1.54, 1.807) is 21.1 Å². The third-order valence-corrected chi connectivity index (χ3v) is 3.07. The standard InChI is InChI=1S/C13H17NO3/c1-8(15)14-10-6-9-4-5-12(16-2)13(17-3)11(9)7-10/h4-5,10H,6-7H2,1-3H3,(H,14,15)/t10-/m0/s1. The Morgan fingerprint density at radius 3 is 2.65 bits per heavy atom. The Morgan fingerprint density at radius 1 is 1.29 bits per heavy atom. The summed E-state index contributed by atoms with van der Waals surface area (Å²) < 4.78 is 10.7. The smallest absolute Gasteiger partial charge is 0.217 e. The topological polar surface area (TPSA) is 47.6 Å². The highest BCUT2D eigenvalue weighted by Gasteiger charge is 2.26. The minimum atomic E-state index is 0.00809. The molecule has 0 spiro atoms. The van der Waals surface area contributed by atoms with Gasteiger partial charge in [-0.25, -0.2) is 0 Å². The molecule has 0 saturated heterocycles. The van der Waals surface area contributed by atoms with Crippen molar-refractivity contribution in [2.45, 2.75) is 25.8 Å². The maximum atomic E-state index is 11.1. The van der Waals surface area contributed by atoms with Gasteiger partial charge in [-0.15, -0.1) is 0 Å². The Balaban J connectivity index is 2.28. The summed E-state index contributed by atoms with van der Waals surface area (Å²) in [6.07, 6.45) is 1.66. The maximum Gasteiger partial charge on any atom is 0.217 e. The molecule has 0 fully saturated rings. The summed E-state index contributed by atoms with van der Waals surface area (Å²) in [4.78, 5) is 11.1. The molecule has 2 rings (SSSR count). The van der Waals surface area contributed by atoms with Gasteiger partial charge in [-0.05, 0) is 24.5 Å². The van der Waals surface area contributed by atoms with E-state index in [0.29, 0.717) is 0 Å². The molecule has 4 nitrogen and oxygen atoms in total. The maximum absolute atomic E-state index is 11.1. The zero-order chi connectivity index (χ0) is 12.4. The molecular weight excluding hydrogens is 218 g/mol. The van der Waals surface area contributed by atoms with E-state index in [9.17, 15) is 4.79 Å². The van der Waals surface area contributed by atoms with Crippen molar-refractivity contribution in [3.8, 4) is 11.5 Å². The molecule has 1 aromatic carbocycles. The minimum absolute atomic E-state index is 0.00809. The first-order valence-corrected chi connectivity index (χ1v) is 5.65. The zero-order valence-corrected chi connectivity index (χ0v) is 10.4. The van der Waals surface area contributed by atoms with E-state index in [1.807, 2.05) is 12.1 Å². The molecule has 0 radical (unpaired) electrons. The van der Waals surface area contributed by atoms with Gasteiger partial charge in [-0.3, -0.25) is 4.79 Å². The number of hydrogen-bond donors (Lipinski definition) is 1. The van der Waals surface area contributed by atoms with Crippen LogP contribution >= 0.6 is 0 Å². The van der Waals surface area contributed by atoms with Crippen LogP contribution in [0.25, 0.3) is 0 Å². The summed E-state index contributed by atoms with van der Waals surface area (Å²) in [5.41, 5.74) is 2.37. The summed E-state index contributed by atoms with van der Waals surface area (Å²) in [6, 6.07) is 4.12. The number of nitrogens with one attached hydrogen (secondary N) is 1. The Hall–Kier alpha value is -1.71. The van der Waals surface area contributed by atoms with Crippen molar-refractivity contribution < 1.29 is 14.3 Å². The van der Waals surface area contributed by atoms with Gasteiger partial charge < -0.3 is 14.8 Å². The molecule has 92 valence electrons. The molecule has 0 saturated carbocycles. The Bertz CT molecular complexity index is 443. The second-order valence-corrected chi connectivity index (χ2v) is 4.24. The van der Waals surface area contributed by atoms with Gasteiger partial charge in [0.2, 0.25) is 5.91 Å². The monoisotopic (exact) mass is 235 g/mol. The molecule has 0 aromatic heterocycles. The van der Waals surface area contributed by atoms with Gasteiger partial charge in [-0.1, -0.05) is 6.07 Å². The lowest BCUT2D eigenvalue weighted by atomic mass is 10.1. The largest absolute Gasteiger partial charge is 0.493 e. The van der Waals surface area contributed by atoms with Crippen molar-refractivity contribution in [2.75, 3.05) is 14.2 Å². The van der Waals surface area contributed by atoms with E-state index >= 15 is 0 Å². The highest BCUT2D eigenvalue weighted by Crippen LogP contribution is 2.38. The van der Waals surface area contributed by atoms with Crippen LogP contribution in [0.3, 0.4) is 0 Å². The predicted octanol–water partition coefficient (Wildman–Crippen LogP) is 1.31. The van der Waals surface area contributed by atoms with E-state index < -0.39 is 0 Å². The van der Waals surface area contributed by atoms with E-state index in [1.165, 1.54) is 5.56 Å². The molecular formula is C13H17NO3. The third kappa shape index (κ3) is 2.20. The molecule has 0 unspecified atom stereocenters. The lowest BCUT2D eigenvalue weighted by Crippen LogP contribution is -2.33. The highest BCUT2D eigenvalue weighted by molar-refractivity contribution is 5.73. The fourth-order valence-corrected chi connectivity index (χ4v) is 2.42. The van der Waals surface area contributed by atoms with Gasteiger partial charge in [0.15, 0.2) is 11.5 Å². The lowest BCUT2D eigenvalue weighted by molar-refractivity contribution is -0.119. The van der Waals surface area contributed by atoms with Crippen LogP contribution in [0.15, 0.2) is 12.1 Å². The minimum Gasteiger partial charge on any atom is -0.493 e. The van der Waals surface area contributed by atoms with Crippen molar-refractivity contribution in [3.05, 3.63) is 23.3 Å². The van der Waals surface area contributed by atoms with Crippen LogP contribution in [-0.2, 0) is 17.6 Å². The number of rotatable bonds is 3. The van der Waals surface area contributed by atoms with Crippen LogP contribution in [0.4, 0.5) is 0 Å². The van der Waals surface area contributed by atoms with Crippen molar-refractivity contribution in [3.63, 3.8) is 0 Å². The number of ether oxygens (including phenoxy) is 2. The van der Waals surface area contributed by atoms with Gasteiger partial charge in [0.25, 0.3) is 0 Å². The first-order valence-electron chi connectivity index (χ1n) is 5.65. The molecule has 1 N–H and O–H groups in total. The normalized spacial score (nSPS) is 17.5. The number of carbonyl (C=O) groups excluding carboxylic acids is 1. The number of fused-ring (bicyclic) bond motifs is 1. The van der Waals surface area contributed by atoms with Crippen LogP contribution in [0.1, 0.15) is 18.1 Å². The third-order valence-electron chi connectivity index (χ3n) is 3.07. The van der Waals surface area contributed by atoms with Crippen molar-refractivity contribution in [2.24, 2.45) is 0 Å². The number of methoxy groups -OCH3 is 2. The Kier molecular flexibility index (Phi) is 3.22. The van der Waals surface area contributed by atoms with E-state index in [4.69, 9.17) is 9.47 Å². The molecule has 17 heavy (non-hydrogen) atoms. The number of carbonyl (C=O) groups is 1.